The van der Waals surface area contributed by atoms with E-state index in [9.17, 15) is 0 Å². The summed E-state index contributed by atoms with van der Waals surface area (Å²) in [5, 5.41) is 2.97. The van der Waals surface area contributed by atoms with Gasteiger partial charge in [-0.25, -0.2) is 0 Å². The van der Waals surface area contributed by atoms with Gasteiger partial charge in [-0.05, 0) is 54.8 Å². The van der Waals surface area contributed by atoms with E-state index in [0.29, 0.717) is 4.83 Å². The standard InChI is InChI=1S/C15H16BrClS/c16-13(5-2-7-15-8-3-9-18-15)10-12-4-1-6-14(17)11-12/h1,3-4,6,8-9,11,13H,2,5,7,10H2. The molecule has 0 aliphatic heterocycles. The largest absolute Gasteiger partial charge is 0.149 e. The van der Waals surface area contributed by atoms with Crippen LogP contribution in [0.15, 0.2) is 41.8 Å². The summed E-state index contributed by atoms with van der Waals surface area (Å²) in [7, 11) is 0. The van der Waals surface area contributed by atoms with Gasteiger partial charge in [-0.3, -0.25) is 0 Å². The van der Waals surface area contributed by atoms with Crippen molar-refractivity contribution in [3.63, 3.8) is 0 Å². The summed E-state index contributed by atoms with van der Waals surface area (Å²) in [5.41, 5.74) is 1.31. The van der Waals surface area contributed by atoms with Crippen molar-refractivity contribution in [2.45, 2.75) is 30.5 Å². The van der Waals surface area contributed by atoms with Gasteiger partial charge in [-0.15, -0.1) is 11.3 Å². The monoisotopic (exact) mass is 342 g/mol. The molecule has 1 heterocycles. The second-order valence-corrected chi connectivity index (χ2v) is 7.17. The zero-order chi connectivity index (χ0) is 12.8. The number of hydrogen-bond donors (Lipinski definition) is 0. The Morgan fingerprint density at radius 2 is 2.11 bits per heavy atom. The first-order valence-electron chi connectivity index (χ1n) is 6.15. The van der Waals surface area contributed by atoms with Crippen molar-refractivity contribution in [1.29, 1.82) is 0 Å². The molecule has 2 rings (SSSR count). The summed E-state index contributed by atoms with van der Waals surface area (Å²) in [6.07, 6.45) is 4.67. The summed E-state index contributed by atoms with van der Waals surface area (Å²) in [6.45, 7) is 0. The molecule has 0 aliphatic rings. The SMILES string of the molecule is Clc1cccc(CC(Br)CCCc2cccs2)c1. The van der Waals surface area contributed by atoms with Gasteiger partial charge in [0.2, 0.25) is 0 Å². The van der Waals surface area contributed by atoms with Crippen LogP contribution in [0.1, 0.15) is 23.3 Å². The predicted octanol–water partition coefficient (Wildman–Crippen LogP) is 5.73. The van der Waals surface area contributed by atoms with Gasteiger partial charge in [-0.1, -0.05) is 45.7 Å². The Labute approximate surface area is 126 Å². The van der Waals surface area contributed by atoms with Crippen LogP contribution in [-0.2, 0) is 12.8 Å². The van der Waals surface area contributed by atoms with E-state index in [4.69, 9.17) is 11.6 Å². The Kier molecular flexibility index (Phi) is 5.74. The minimum absolute atomic E-state index is 0.538. The van der Waals surface area contributed by atoms with E-state index in [2.05, 4.69) is 45.6 Å². The predicted molar refractivity (Wildman–Crippen MR) is 85.1 cm³/mol. The lowest BCUT2D eigenvalue weighted by Crippen LogP contribution is -2.03. The highest BCUT2D eigenvalue weighted by molar-refractivity contribution is 9.09. The van der Waals surface area contributed by atoms with Crippen LogP contribution in [0.2, 0.25) is 5.02 Å². The van der Waals surface area contributed by atoms with Crippen molar-refractivity contribution in [2.24, 2.45) is 0 Å². The Balaban J connectivity index is 1.73. The molecule has 0 fully saturated rings. The number of alkyl halides is 1. The third kappa shape index (κ3) is 4.75. The van der Waals surface area contributed by atoms with E-state index in [1.165, 1.54) is 29.7 Å². The van der Waals surface area contributed by atoms with Gasteiger partial charge in [0.05, 0.1) is 0 Å². The lowest BCUT2D eigenvalue weighted by atomic mass is 10.1. The molecule has 1 atom stereocenters. The third-order valence-electron chi connectivity index (χ3n) is 2.87. The molecular formula is C15H16BrClS. The second-order valence-electron chi connectivity index (χ2n) is 4.40. The summed E-state index contributed by atoms with van der Waals surface area (Å²) in [5.74, 6) is 0. The summed E-state index contributed by atoms with van der Waals surface area (Å²) < 4.78 is 0. The fourth-order valence-corrected chi connectivity index (χ4v) is 3.64. The molecule has 0 N–H and O–H groups in total. The molecule has 0 spiro atoms. The molecule has 0 aliphatic carbocycles. The molecule has 0 saturated heterocycles. The number of hydrogen-bond acceptors (Lipinski definition) is 1. The van der Waals surface area contributed by atoms with E-state index in [1.54, 1.807) is 0 Å². The number of thiophene rings is 1. The maximum atomic E-state index is 5.99. The van der Waals surface area contributed by atoms with Gasteiger partial charge in [0, 0.05) is 14.7 Å². The number of rotatable bonds is 6. The highest BCUT2D eigenvalue weighted by Crippen LogP contribution is 2.20. The van der Waals surface area contributed by atoms with Gasteiger partial charge in [0.1, 0.15) is 0 Å². The van der Waals surface area contributed by atoms with Crippen LogP contribution in [0.25, 0.3) is 0 Å². The maximum Gasteiger partial charge on any atom is 0.0408 e. The molecule has 0 nitrogen and oxygen atoms in total. The van der Waals surface area contributed by atoms with E-state index >= 15 is 0 Å². The molecule has 18 heavy (non-hydrogen) atoms. The molecule has 2 aromatic rings. The number of aryl methyl sites for hydroxylation is 1. The fraction of sp³-hybridized carbons (Fsp3) is 0.333. The van der Waals surface area contributed by atoms with E-state index in [0.717, 1.165) is 11.4 Å². The zero-order valence-corrected chi connectivity index (χ0v) is 13.3. The lowest BCUT2D eigenvalue weighted by molar-refractivity contribution is 0.705. The second kappa shape index (κ2) is 7.32. The highest BCUT2D eigenvalue weighted by atomic mass is 79.9. The molecule has 0 radical (unpaired) electrons. The topological polar surface area (TPSA) is 0 Å². The first-order chi connectivity index (χ1) is 8.74. The van der Waals surface area contributed by atoms with E-state index in [1.807, 2.05) is 23.5 Å². The summed E-state index contributed by atoms with van der Waals surface area (Å²) in [4.78, 5) is 2.02. The molecule has 0 bridgehead atoms. The Bertz CT molecular complexity index is 467. The van der Waals surface area contributed by atoms with Gasteiger partial charge in [0.15, 0.2) is 0 Å². The maximum absolute atomic E-state index is 5.99. The fourth-order valence-electron chi connectivity index (χ4n) is 1.97. The smallest absolute Gasteiger partial charge is 0.0408 e. The number of halogens is 2. The molecule has 0 saturated carbocycles. The van der Waals surface area contributed by atoms with Crippen molar-refractivity contribution in [2.75, 3.05) is 0 Å². The molecule has 96 valence electrons. The van der Waals surface area contributed by atoms with Crippen LogP contribution in [0.5, 0.6) is 0 Å². The average Bonchev–Trinajstić information content (AvgIpc) is 2.82. The third-order valence-corrected chi connectivity index (χ3v) is 4.82. The highest BCUT2D eigenvalue weighted by Gasteiger charge is 2.06. The van der Waals surface area contributed by atoms with Crippen LogP contribution in [-0.4, -0.2) is 4.83 Å². The quantitative estimate of drug-likeness (QED) is 0.587. The van der Waals surface area contributed by atoms with Crippen molar-refractivity contribution in [3.8, 4) is 0 Å². The van der Waals surface area contributed by atoms with Crippen molar-refractivity contribution < 1.29 is 0 Å². The van der Waals surface area contributed by atoms with Crippen LogP contribution in [0.4, 0.5) is 0 Å². The van der Waals surface area contributed by atoms with E-state index in [-0.39, 0.29) is 0 Å². The normalized spacial score (nSPS) is 12.6. The van der Waals surface area contributed by atoms with Gasteiger partial charge in [0.25, 0.3) is 0 Å². The zero-order valence-electron chi connectivity index (χ0n) is 10.1. The minimum Gasteiger partial charge on any atom is -0.149 e. The molecule has 1 aromatic carbocycles. The number of benzene rings is 1. The molecule has 0 amide bonds. The lowest BCUT2D eigenvalue weighted by Gasteiger charge is -2.09. The van der Waals surface area contributed by atoms with Crippen LogP contribution in [0.3, 0.4) is 0 Å². The molecule has 1 unspecified atom stereocenters. The van der Waals surface area contributed by atoms with Gasteiger partial charge < -0.3 is 0 Å². The van der Waals surface area contributed by atoms with E-state index < -0.39 is 0 Å². The first-order valence-corrected chi connectivity index (χ1v) is 8.32. The first kappa shape index (κ1) is 14.1. The van der Waals surface area contributed by atoms with Crippen molar-refractivity contribution in [3.05, 3.63) is 57.2 Å². The van der Waals surface area contributed by atoms with Crippen molar-refractivity contribution >= 4 is 38.9 Å². The Hall–Kier alpha value is -0.310. The van der Waals surface area contributed by atoms with Crippen LogP contribution < -0.4 is 0 Å². The Morgan fingerprint density at radius 1 is 1.22 bits per heavy atom. The molecule has 3 heteroatoms. The van der Waals surface area contributed by atoms with Crippen molar-refractivity contribution in [1.82, 2.24) is 0 Å². The van der Waals surface area contributed by atoms with Crippen LogP contribution in [0, 0.1) is 0 Å². The average molecular weight is 344 g/mol. The van der Waals surface area contributed by atoms with Crippen LogP contribution >= 0.6 is 38.9 Å². The summed E-state index contributed by atoms with van der Waals surface area (Å²) >= 11 is 11.6. The summed E-state index contributed by atoms with van der Waals surface area (Å²) in [6, 6.07) is 12.5. The minimum atomic E-state index is 0.538. The molecule has 1 aromatic heterocycles. The van der Waals surface area contributed by atoms with Gasteiger partial charge >= 0.3 is 0 Å². The molecular weight excluding hydrogens is 328 g/mol. The Morgan fingerprint density at radius 3 is 2.83 bits per heavy atom. The van der Waals surface area contributed by atoms with Gasteiger partial charge in [-0.2, -0.15) is 0 Å².